The molecule has 112 valence electrons. The van der Waals surface area contributed by atoms with E-state index in [1.165, 1.54) is 12.9 Å². The Balaban J connectivity index is 1.86. The molecular formula is C14H16N2O3S2. The van der Waals surface area contributed by atoms with E-state index in [1.807, 2.05) is 23.5 Å². The molecule has 21 heavy (non-hydrogen) atoms. The molecule has 1 saturated heterocycles. The minimum atomic E-state index is 0.0608. The predicted molar refractivity (Wildman–Crippen MR) is 85.1 cm³/mol. The summed E-state index contributed by atoms with van der Waals surface area (Å²) in [6.45, 7) is 2.19. The van der Waals surface area contributed by atoms with Crippen molar-refractivity contribution in [2.45, 2.75) is 17.4 Å². The molecule has 3 rings (SSSR count). The standard InChI is InChI=1S/C14H16N2O3S2/c1-8-12(21-6-5-20-8)13-15-14(19-16-13)9-3-4-11(18-2)10(17)7-9/h3-4,7-8,12,17H,5-6H2,1-2H3. The molecule has 0 radical (unpaired) electrons. The molecule has 1 aromatic heterocycles. The highest BCUT2D eigenvalue weighted by Gasteiger charge is 2.28. The van der Waals surface area contributed by atoms with Gasteiger partial charge in [0.15, 0.2) is 17.3 Å². The van der Waals surface area contributed by atoms with E-state index in [1.54, 1.807) is 18.2 Å². The van der Waals surface area contributed by atoms with Crippen molar-refractivity contribution in [2.75, 3.05) is 18.6 Å². The van der Waals surface area contributed by atoms with Crippen LogP contribution < -0.4 is 4.74 Å². The first-order valence-electron chi connectivity index (χ1n) is 6.63. The number of methoxy groups -OCH3 is 1. The van der Waals surface area contributed by atoms with Gasteiger partial charge in [0.1, 0.15) is 0 Å². The normalized spacial score (nSPS) is 22.2. The van der Waals surface area contributed by atoms with Gasteiger partial charge in [-0.3, -0.25) is 0 Å². The summed E-state index contributed by atoms with van der Waals surface area (Å²) < 4.78 is 10.4. The molecule has 0 saturated carbocycles. The molecule has 1 N–H and O–H groups in total. The molecule has 2 unspecified atom stereocenters. The Bertz CT molecular complexity index is 632. The monoisotopic (exact) mass is 324 g/mol. The highest BCUT2D eigenvalue weighted by Crippen LogP contribution is 2.41. The van der Waals surface area contributed by atoms with Gasteiger partial charge in [-0.1, -0.05) is 12.1 Å². The summed E-state index contributed by atoms with van der Waals surface area (Å²) in [5.41, 5.74) is 0.688. The summed E-state index contributed by atoms with van der Waals surface area (Å²) in [4.78, 5) is 4.49. The summed E-state index contributed by atoms with van der Waals surface area (Å²) in [7, 11) is 1.51. The number of phenolic OH excluding ortho intramolecular Hbond substituents is 1. The maximum Gasteiger partial charge on any atom is 0.258 e. The van der Waals surface area contributed by atoms with Crippen molar-refractivity contribution in [1.82, 2.24) is 10.1 Å². The molecule has 0 spiro atoms. The number of aromatic hydroxyl groups is 1. The van der Waals surface area contributed by atoms with Gasteiger partial charge in [0, 0.05) is 22.3 Å². The summed E-state index contributed by atoms with van der Waals surface area (Å²) in [6, 6.07) is 5.05. The molecule has 5 nitrogen and oxygen atoms in total. The molecule has 0 aliphatic carbocycles. The van der Waals surface area contributed by atoms with E-state index in [4.69, 9.17) is 9.26 Å². The molecule has 2 heterocycles. The molecule has 1 aliphatic heterocycles. The Morgan fingerprint density at radius 1 is 1.33 bits per heavy atom. The van der Waals surface area contributed by atoms with Crippen molar-refractivity contribution in [3.8, 4) is 23.0 Å². The lowest BCUT2D eigenvalue weighted by Gasteiger charge is -2.24. The Labute approximate surface area is 131 Å². The molecule has 2 aromatic rings. The van der Waals surface area contributed by atoms with Crippen molar-refractivity contribution in [1.29, 1.82) is 0 Å². The Hall–Kier alpha value is -1.34. The van der Waals surface area contributed by atoms with E-state index in [9.17, 15) is 5.11 Å². The highest BCUT2D eigenvalue weighted by atomic mass is 32.2. The number of rotatable bonds is 3. The number of hydrogen-bond donors (Lipinski definition) is 1. The van der Waals surface area contributed by atoms with Crippen LogP contribution in [0.3, 0.4) is 0 Å². The second kappa shape index (κ2) is 6.19. The fourth-order valence-electron chi connectivity index (χ4n) is 2.21. The first-order chi connectivity index (χ1) is 10.2. The lowest BCUT2D eigenvalue weighted by atomic mass is 10.2. The molecule has 1 fully saturated rings. The fraction of sp³-hybridized carbons (Fsp3) is 0.429. The Morgan fingerprint density at radius 2 is 2.14 bits per heavy atom. The van der Waals surface area contributed by atoms with Crippen LogP contribution in [-0.2, 0) is 0 Å². The average Bonchev–Trinajstić information content (AvgIpc) is 2.97. The molecule has 0 amide bonds. The van der Waals surface area contributed by atoms with Crippen molar-refractivity contribution in [3.63, 3.8) is 0 Å². The van der Waals surface area contributed by atoms with Crippen LogP contribution >= 0.6 is 23.5 Å². The summed E-state index contributed by atoms with van der Waals surface area (Å²) >= 11 is 3.80. The number of aromatic nitrogens is 2. The van der Waals surface area contributed by atoms with Crippen molar-refractivity contribution in [2.24, 2.45) is 0 Å². The van der Waals surface area contributed by atoms with Crippen LogP contribution in [0.4, 0.5) is 0 Å². The smallest absolute Gasteiger partial charge is 0.258 e. The van der Waals surface area contributed by atoms with Crippen LogP contribution in [0.25, 0.3) is 11.5 Å². The van der Waals surface area contributed by atoms with Gasteiger partial charge in [0.25, 0.3) is 5.89 Å². The Kier molecular flexibility index (Phi) is 4.30. The minimum absolute atomic E-state index is 0.0608. The second-order valence-corrected chi connectivity index (χ2v) is 7.45. The van der Waals surface area contributed by atoms with E-state index in [2.05, 4.69) is 17.1 Å². The van der Waals surface area contributed by atoms with E-state index < -0.39 is 0 Å². The van der Waals surface area contributed by atoms with Gasteiger partial charge in [-0.2, -0.15) is 16.7 Å². The second-order valence-electron chi connectivity index (χ2n) is 4.71. The average molecular weight is 324 g/mol. The quantitative estimate of drug-likeness (QED) is 0.928. The molecule has 2 atom stereocenters. The van der Waals surface area contributed by atoms with Gasteiger partial charge in [-0.05, 0) is 18.2 Å². The zero-order valence-corrected chi connectivity index (χ0v) is 13.4. The zero-order valence-electron chi connectivity index (χ0n) is 11.8. The van der Waals surface area contributed by atoms with Crippen LogP contribution in [0, 0.1) is 0 Å². The van der Waals surface area contributed by atoms with E-state index in [0.29, 0.717) is 22.5 Å². The van der Waals surface area contributed by atoms with E-state index in [-0.39, 0.29) is 11.0 Å². The van der Waals surface area contributed by atoms with Gasteiger partial charge >= 0.3 is 0 Å². The van der Waals surface area contributed by atoms with Crippen molar-refractivity contribution < 1.29 is 14.4 Å². The van der Waals surface area contributed by atoms with Crippen LogP contribution in [0.15, 0.2) is 22.7 Å². The van der Waals surface area contributed by atoms with Crippen LogP contribution in [-0.4, -0.2) is 39.1 Å². The molecule has 1 aliphatic rings. The third-order valence-corrected chi connectivity index (χ3v) is 6.40. The lowest BCUT2D eigenvalue weighted by Crippen LogP contribution is -2.16. The minimum Gasteiger partial charge on any atom is -0.504 e. The number of ether oxygens (including phenoxy) is 1. The largest absolute Gasteiger partial charge is 0.504 e. The predicted octanol–water partition coefficient (Wildman–Crippen LogP) is 3.36. The topological polar surface area (TPSA) is 68.4 Å². The number of hydrogen-bond acceptors (Lipinski definition) is 7. The summed E-state index contributed by atoms with van der Waals surface area (Å²) in [6.07, 6.45) is 0. The van der Waals surface area contributed by atoms with Crippen molar-refractivity contribution >= 4 is 23.5 Å². The van der Waals surface area contributed by atoms with E-state index >= 15 is 0 Å². The van der Waals surface area contributed by atoms with E-state index in [0.717, 1.165) is 11.6 Å². The summed E-state index contributed by atoms with van der Waals surface area (Å²) in [5.74, 6) is 3.90. The highest BCUT2D eigenvalue weighted by molar-refractivity contribution is 8.06. The summed E-state index contributed by atoms with van der Waals surface area (Å²) in [5, 5.41) is 14.7. The fourth-order valence-corrected chi connectivity index (χ4v) is 4.89. The van der Waals surface area contributed by atoms with Gasteiger partial charge in [-0.25, -0.2) is 0 Å². The van der Waals surface area contributed by atoms with Crippen LogP contribution in [0.5, 0.6) is 11.5 Å². The maximum absolute atomic E-state index is 9.83. The molecule has 1 aromatic carbocycles. The first-order valence-corrected chi connectivity index (χ1v) is 8.73. The lowest BCUT2D eigenvalue weighted by molar-refractivity contribution is 0.373. The maximum atomic E-state index is 9.83. The number of nitrogens with zero attached hydrogens (tertiary/aromatic N) is 2. The molecule has 0 bridgehead atoms. The third kappa shape index (κ3) is 2.98. The number of thioether (sulfide) groups is 2. The number of benzene rings is 1. The van der Waals surface area contributed by atoms with Gasteiger partial charge in [-0.15, -0.1) is 11.8 Å². The Morgan fingerprint density at radius 3 is 2.86 bits per heavy atom. The first kappa shape index (κ1) is 14.6. The van der Waals surface area contributed by atoms with Gasteiger partial charge in [0.05, 0.1) is 12.4 Å². The van der Waals surface area contributed by atoms with Crippen LogP contribution in [0.2, 0.25) is 0 Å². The molecule has 7 heteroatoms. The van der Waals surface area contributed by atoms with Gasteiger partial charge < -0.3 is 14.4 Å². The van der Waals surface area contributed by atoms with Crippen molar-refractivity contribution in [3.05, 3.63) is 24.0 Å². The number of phenols is 1. The molecular weight excluding hydrogens is 308 g/mol. The third-order valence-electron chi connectivity index (χ3n) is 3.31. The van der Waals surface area contributed by atoms with Gasteiger partial charge in [0.2, 0.25) is 0 Å². The van der Waals surface area contributed by atoms with Crippen LogP contribution in [0.1, 0.15) is 18.0 Å². The zero-order chi connectivity index (χ0) is 14.8. The SMILES string of the molecule is COc1ccc(-c2nc(C3SCCSC3C)no2)cc1O.